The average Bonchev–Trinajstić information content (AvgIpc) is 3.33. The molecule has 0 bridgehead atoms. The largest absolute Gasteiger partial charge is 0.445 e. The van der Waals surface area contributed by atoms with Crippen molar-refractivity contribution in [1.29, 1.82) is 0 Å². The van der Waals surface area contributed by atoms with Gasteiger partial charge in [-0.25, -0.2) is 4.79 Å². The minimum atomic E-state index is -0.739. The molecule has 0 saturated carbocycles. The van der Waals surface area contributed by atoms with Crippen LogP contribution in [0.5, 0.6) is 0 Å². The van der Waals surface area contributed by atoms with Gasteiger partial charge in [-0.3, -0.25) is 4.90 Å². The van der Waals surface area contributed by atoms with Crippen LogP contribution >= 0.6 is 11.3 Å². The lowest BCUT2D eigenvalue weighted by Gasteiger charge is -2.19. The van der Waals surface area contributed by atoms with Crippen molar-refractivity contribution in [1.82, 2.24) is 10.2 Å². The number of benzene rings is 1. The van der Waals surface area contributed by atoms with Crippen molar-refractivity contribution in [3.63, 3.8) is 0 Å². The summed E-state index contributed by atoms with van der Waals surface area (Å²) in [6.07, 6.45) is 1.28. The maximum absolute atomic E-state index is 12.0. The first-order valence-electron chi connectivity index (χ1n) is 9.08. The molecule has 2 atom stereocenters. The highest BCUT2D eigenvalue weighted by Gasteiger charge is 2.21. The molecule has 1 aromatic heterocycles. The molecule has 1 fully saturated rings. The van der Waals surface area contributed by atoms with E-state index in [0.29, 0.717) is 0 Å². The van der Waals surface area contributed by atoms with Crippen LogP contribution in [0.3, 0.4) is 0 Å². The number of ether oxygens (including phenoxy) is 1. The Morgan fingerprint density at radius 3 is 2.69 bits per heavy atom. The van der Waals surface area contributed by atoms with Crippen LogP contribution in [0, 0.1) is 0 Å². The molecule has 2 heterocycles. The quantitative estimate of drug-likeness (QED) is 0.776. The van der Waals surface area contributed by atoms with Crippen LogP contribution in [0.2, 0.25) is 0 Å². The third-order valence-corrected chi connectivity index (χ3v) is 5.72. The van der Waals surface area contributed by atoms with E-state index in [2.05, 4.69) is 16.3 Å². The lowest BCUT2D eigenvalue weighted by atomic mass is 10.1. The summed E-state index contributed by atoms with van der Waals surface area (Å²) in [4.78, 5) is 16.5. The van der Waals surface area contributed by atoms with Crippen LogP contribution in [-0.4, -0.2) is 35.2 Å². The van der Waals surface area contributed by atoms with Gasteiger partial charge in [0.1, 0.15) is 12.7 Å². The molecule has 5 nitrogen and oxygen atoms in total. The number of hydrogen-bond donors (Lipinski definition) is 2. The van der Waals surface area contributed by atoms with Crippen LogP contribution in [0.4, 0.5) is 4.79 Å². The molecule has 140 valence electrons. The molecule has 2 aromatic rings. The van der Waals surface area contributed by atoms with Gasteiger partial charge in [-0.2, -0.15) is 0 Å². The second-order valence-electron chi connectivity index (χ2n) is 6.73. The number of aliphatic hydroxyl groups is 1. The molecule has 3 rings (SSSR count). The number of alkyl carbamates (subject to hydrolysis) is 1. The molecule has 1 amide bonds. The number of nitrogens with one attached hydrogen (secondary N) is 1. The van der Waals surface area contributed by atoms with E-state index in [1.165, 1.54) is 17.7 Å². The summed E-state index contributed by atoms with van der Waals surface area (Å²) in [5, 5.41) is 13.2. The molecule has 1 aliphatic heterocycles. The molecule has 6 heteroatoms. The minimum Gasteiger partial charge on any atom is -0.445 e. The lowest BCUT2D eigenvalue weighted by molar-refractivity contribution is 0.108. The first-order chi connectivity index (χ1) is 12.6. The summed E-state index contributed by atoms with van der Waals surface area (Å²) < 4.78 is 5.21. The Morgan fingerprint density at radius 2 is 1.96 bits per heavy atom. The van der Waals surface area contributed by atoms with Crippen LogP contribution in [-0.2, 0) is 17.9 Å². The van der Waals surface area contributed by atoms with Crippen molar-refractivity contribution in [3.8, 4) is 0 Å². The van der Waals surface area contributed by atoms with Crippen LogP contribution in [0.15, 0.2) is 42.5 Å². The minimum absolute atomic E-state index is 0.217. The number of nitrogens with zero attached hydrogens (tertiary/aromatic N) is 1. The molecular weight excluding hydrogens is 348 g/mol. The highest BCUT2D eigenvalue weighted by molar-refractivity contribution is 7.12. The van der Waals surface area contributed by atoms with Crippen LogP contribution < -0.4 is 5.32 Å². The highest BCUT2D eigenvalue weighted by Crippen LogP contribution is 2.27. The van der Waals surface area contributed by atoms with Crippen molar-refractivity contribution in [2.75, 3.05) is 13.1 Å². The van der Waals surface area contributed by atoms with Gasteiger partial charge in [0.2, 0.25) is 0 Å². The number of rotatable bonds is 7. The molecule has 1 aliphatic rings. The smallest absolute Gasteiger partial charge is 0.407 e. The summed E-state index contributed by atoms with van der Waals surface area (Å²) in [5.74, 6) is 0. The van der Waals surface area contributed by atoms with Gasteiger partial charge in [0.25, 0.3) is 0 Å². The summed E-state index contributed by atoms with van der Waals surface area (Å²) in [6.45, 7) is 5.25. The van der Waals surface area contributed by atoms with Gasteiger partial charge in [0.05, 0.1) is 6.04 Å². The van der Waals surface area contributed by atoms with Gasteiger partial charge in [-0.05, 0) is 50.6 Å². The average molecular weight is 375 g/mol. The first-order valence-corrected chi connectivity index (χ1v) is 9.90. The Labute approximate surface area is 158 Å². The van der Waals surface area contributed by atoms with Crippen molar-refractivity contribution in [2.45, 2.75) is 45.1 Å². The van der Waals surface area contributed by atoms with E-state index >= 15 is 0 Å². The summed E-state index contributed by atoms with van der Waals surface area (Å²) in [7, 11) is 0. The summed E-state index contributed by atoms with van der Waals surface area (Å²) in [6, 6.07) is 13.1. The van der Waals surface area contributed by atoms with E-state index in [4.69, 9.17) is 4.74 Å². The molecule has 1 saturated heterocycles. The molecule has 2 unspecified atom stereocenters. The number of hydrogen-bond acceptors (Lipinski definition) is 5. The molecule has 2 N–H and O–H groups in total. The molecular formula is C20H26N2O3S. The number of carbonyl (C=O) groups excluding carboxylic acids is 1. The number of likely N-dealkylation sites (tertiary alicyclic amines) is 1. The van der Waals surface area contributed by atoms with E-state index in [1.807, 2.05) is 36.4 Å². The van der Waals surface area contributed by atoms with Crippen LogP contribution in [0.1, 0.15) is 41.2 Å². The van der Waals surface area contributed by atoms with Gasteiger partial charge in [0, 0.05) is 16.3 Å². The summed E-state index contributed by atoms with van der Waals surface area (Å²) in [5.41, 5.74) is 0.931. The number of aliphatic hydroxyl groups excluding tert-OH is 1. The zero-order chi connectivity index (χ0) is 18.4. The van der Waals surface area contributed by atoms with Gasteiger partial charge in [-0.1, -0.05) is 30.3 Å². The monoisotopic (exact) mass is 374 g/mol. The number of amides is 1. The lowest BCUT2D eigenvalue weighted by Crippen LogP contribution is -2.37. The van der Waals surface area contributed by atoms with Gasteiger partial charge >= 0.3 is 6.09 Å². The van der Waals surface area contributed by atoms with Crippen LogP contribution in [0.25, 0.3) is 0 Å². The molecule has 0 spiro atoms. The maximum atomic E-state index is 12.0. The SMILES string of the molecule is CC(NC(=O)OCc1ccccc1)C(O)c1ccc(CN2CCCC2)s1. The van der Waals surface area contributed by atoms with E-state index in [1.54, 1.807) is 18.3 Å². The third-order valence-electron chi connectivity index (χ3n) is 4.58. The van der Waals surface area contributed by atoms with Crippen molar-refractivity contribution in [3.05, 3.63) is 57.8 Å². The summed E-state index contributed by atoms with van der Waals surface area (Å²) >= 11 is 1.61. The fourth-order valence-corrected chi connectivity index (χ4v) is 4.22. The molecule has 1 aromatic carbocycles. The van der Waals surface area contributed by atoms with E-state index < -0.39 is 18.2 Å². The predicted molar refractivity (Wildman–Crippen MR) is 103 cm³/mol. The van der Waals surface area contributed by atoms with Gasteiger partial charge in [-0.15, -0.1) is 11.3 Å². The molecule has 26 heavy (non-hydrogen) atoms. The third kappa shape index (κ3) is 5.30. The Kier molecular flexibility index (Phi) is 6.66. The predicted octanol–water partition coefficient (Wildman–Crippen LogP) is 3.69. The second kappa shape index (κ2) is 9.16. The first kappa shape index (κ1) is 18.9. The van der Waals surface area contributed by atoms with E-state index in [9.17, 15) is 9.90 Å². The standard InChI is InChI=1S/C20H26N2O3S/c1-15(21-20(24)25-14-16-7-3-2-4-8-16)19(23)18-10-9-17(26-18)13-22-11-5-6-12-22/h2-4,7-10,15,19,23H,5-6,11-14H2,1H3,(H,21,24). The Morgan fingerprint density at radius 1 is 1.23 bits per heavy atom. The Hall–Kier alpha value is -1.89. The fourth-order valence-electron chi connectivity index (χ4n) is 3.08. The number of thiophene rings is 1. The zero-order valence-corrected chi connectivity index (χ0v) is 15.9. The molecule has 0 radical (unpaired) electrons. The normalized spacial score (nSPS) is 17.0. The van der Waals surface area contributed by atoms with Crippen molar-refractivity contribution >= 4 is 17.4 Å². The fraction of sp³-hybridized carbons (Fsp3) is 0.450. The van der Waals surface area contributed by atoms with E-state index in [0.717, 1.165) is 30.1 Å². The maximum Gasteiger partial charge on any atom is 0.407 e. The Balaban J connectivity index is 1.46. The number of carbonyl (C=O) groups is 1. The van der Waals surface area contributed by atoms with E-state index in [-0.39, 0.29) is 6.61 Å². The molecule has 0 aliphatic carbocycles. The highest BCUT2D eigenvalue weighted by atomic mass is 32.1. The van der Waals surface area contributed by atoms with Crippen molar-refractivity contribution < 1.29 is 14.6 Å². The van der Waals surface area contributed by atoms with Gasteiger partial charge in [0.15, 0.2) is 0 Å². The topological polar surface area (TPSA) is 61.8 Å². The zero-order valence-electron chi connectivity index (χ0n) is 15.1. The second-order valence-corrected chi connectivity index (χ2v) is 7.93. The Bertz CT molecular complexity index is 698. The van der Waals surface area contributed by atoms with Gasteiger partial charge < -0.3 is 15.2 Å². The van der Waals surface area contributed by atoms with Crippen molar-refractivity contribution in [2.24, 2.45) is 0 Å².